The van der Waals surface area contributed by atoms with E-state index in [1.807, 2.05) is 5.32 Å². The Bertz CT molecular complexity index is 257. The van der Waals surface area contributed by atoms with E-state index in [2.05, 4.69) is 10.2 Å². The van der Waals surface area contributed by atoms with E-state index in [1.54, 1.807) is 0 Å². The Balaban J connectivity index is 2.97. The van der Waals surface area contributed by atoms with Gasteiger partial charge in [-0.1, -0.05) is 0 Å². The molecule has 1 heterocycles. The summed E-state index contributed by atoms with van der Waals surface area (Å²) < 4.78 is 0. The van der Waals surface area contributed by atoms with Gasteiger partial charge >= 0.3 is 0 Å². The van der Waals surface area contributed by atoms with Crippen LogP contribution < -0.4 is 11.1 Å². The van der Waals surface area contributed by atoms with E-state index in [1.165, 1.54) is 0 Å². The number of nitrogens with one attached hydrogen (secondary N) is 2. The third kappa shape index (κ3) is 1.20. The Kier molecular flexibility index (Phi) is 1.63. The van der Waals surface area contributed by atoms with Crippen LogP contribution in [0.5, 0.6) is 0 Å². The lowest BCUT2D eigenvalue weighted by atomic mass is 10.2. The third-order valence-corrected chi connectivity index (χ3v) is 1.12. The molecule has 0 saturated heterocycles. The zero-order chi connectivity index (χ0) is 8.43. The average Bonchev–Trinajstić information content (AvgIpc) is 1.85. The summed E-state index contributed by atoms with van der Waals surface area (Å²) >= 11 is 0. The maximum Gasteiger partial charge on any atom is 0.263 e. The van der Waals surface area contributed by atoms with Crippen LogP contribution in [0.25, 0.3) is 0 Å². The molecule has 0 radical (unpaired) electrons. The van der Waals surface area contributed by atoms with Gasteiger partial charge in [0, 0.05) is 0 Å². The molecule has 0 aromatic heterocycles. The summed E-state index contributed by atoms with van der Waals surface area (Å²) in [6, 6.07) is -1.29. The third-order valence-electron chi connectivity index (χ3n) is 1.12. The minimum Gasteiger partial charge on any atom is -0.385 e. The van der Waals surface area contributed by atoms with Crippen LogP contribution in [0.4, 0.5) is 0 Å². The van der Waals surface area contributed by atoms with Crippen molar-refractivity contribution in [2.75, 3.05) is 0 Å². The Morgan fingerprint density at radius 1 is 1.73 bits per heavy atom. The lowest BCUT2D eigenvalue weighted by molar-refractivity contribution is -0.119. The summed E-state index contributed by atoms with van der Waals surface area (Å²) in [6.07, 6.45) is 0. The van der Waals surface area contributed by atoms with Gasteiger partial charge in [0.05, 0.1) is 0 Å². The van der Waals surface area contributed by atoms with Crippen LogP contribution in [0, 0.1) is 10.3 Å². The van der Waals surface area contributed by atoms with Gasteiger partial charge in [-0.2, -0.15) is 4.99 Å². The molecule has 1 aliphatic rings. The lowest BCUT2D eigenvalue weighted by Gasteiger charge is -2.13. The first kappa shape index (κ1) is 7.32. The smallest absolute Gasteiger partial charge is 0.263 e. The first-order chi connectivity index (χ1) is 5.15. The lowest BCUT2D eigenvalue weighted by Crippen LogP contribution is -2.49. The number of guanidine groups is 1. The van der Waals surface area contributed by atoms with Gasteiger partial charge in [-0.3, -0.25) is 15.5 Å². The zero-order valence-electron chi connectivity index (χ0n) is 5.37. The predicted molar refractivity (Wildman–Crippen MR) is 37.1 cm³/mol. The highest BCUT2D eigenvalue weighted by Gasteiger charge is 2.28. The first-order valence-electron chi connectivity index (χ1n) is 2.71. The highest BCUT2D eigenvalue weighted by molar-refractivity contribution is 6.18. The molecule has 58 valence electrons. The average molecular weight is 155 g/mol. The van der Waals surface area contributed by atoms with Gasteiger partial charge in [-0.25, -0.2) is 0 Å². The number of nitrogens with zero attached hydrogens (tertiary/aromatic N) is 2. The van der Waals surface area contributed by atoms with Crippen LogP contribution in [0.1, 0.15) is 0 Å². The fourth-order valence-electron chi connectivity index (χ4n) is 0.639. The van der Waals surface area contributed by atoms with Crippen LogP contribution in [0.2, 0.25) is 0 Å². The molecule has 7 nitrogen and oxygen atoms in total. The normalized spacial score (nSPS) is 24.0. The summed E-state index contributed by atoms with van der Waals surface area (Å²) in [5.41, 5.74) is 5.12. The summed E-state index contributed by atoms with van der Waals surface area (Å²) in [6.45, 7) is 0. The van der Waals surface area contributed by atoms with Gasteiger partial charge in [0.25, 0.3) is 5.91 Å². The standard InChI is InChI=1S/C4H5N5O2/c5-2-1(9-11)3(10)8-4(6)7-2/h1H,(H4,5,6,7,8,10). The van der Waals surface area contributed by atoms with E-state index in [9.17, 15) is 9.70 Å². The first-order valence-corrected chi connectivity index (χ1v) is 2.71. The number of aliphatic imine (C=N–C) groups is 1. The second-order valence-corrected chi connectivity index (χ2v) is 1.88. The molecular formula is C4H5N5O2. The van der Waals surface area contributed by atoms with Crippen molar-refractivity contribution in [1.29, 1.82) is 5.41 Å². The van der Waals surface area contributed by atoms with E-state index in [0.717, 1.165) is 0 Å². The molecule has 0 aliphatic carbocycles. The molecule has 0 aromatic carbocycles. The van der Waals surface area contributed by atoms with E-state index in [4.69, 9.17) is 11.1 Å². The number of nitroso groups, excluding NO2 is 1. The minimum atomic E-state index is -1.29. The quantitative estimate of drug-likeness (QED) is 0.401. The summed E-state index contributed by atoms with van der Waals surface area (Å²) in [5.74, 6) is -1.32. The largest absolute Gasteiger partial charge is 0.385 e. The van der Waals surface area contributed by atoms with Crippen molar-refractivity contribution in [3.05, 3.63) is 4.91 Å². The summed E-state index contributed by atoms with van der Waals surface area (Å²) in [4.78, 5) is 24.0. The van der Waals surface area contributed by atoms with Gasteiger partial charge in [-0.15, -0.1) is 4.91 Å². The maximum absolute atomic E-state index is 10.7. The van der Waals surface area contributed by atoms with Crippen molar-refractivity contribution < 1.29 is 4.79 Å². The SMILES string of the molecule is N=C1N=C(N)C(N=O)C(=O)N1. The molecule has 0 aromatic rings. The molecule has 7 heteroatoms. The van der Waals surface area contributed by atoms with Crippen molar-refractivity contribution >= 4 is 17.7 Å². The van der Waals surface area contributed by atoms with Crippen molar-refractivity contribution in [3.63, 3.8) is 0 Å². The molecule has 1 atom stereocenters. The minimum absolute atomic E-state index is 0.242. The Morgan fingerprint density at radius 2 is 2.36 bits per heavy atom. The molecule has 0 saturated carbocycles. The van der Waals surface area contributed by atoms with E-state index in [-0.39, 0.29) is 11.8 Å². The number of nitrogens with two attached hydrogens (primary N) is 1. The van der Waals surface area contributed by atoms with Crippen LogP contribution in [0.15, 0.2) is 10.2 Å². The maximum atomic E-state index is 10.7. The van der Waals surface area contributed by atoms with Crippen molar-refractivity contribution in [3.8, 4) is 0 Å². The number of carbonyl (C=O) groups excluding carboxylic acids is 1. The van der Waals surface area contributed by atoms with Gasteiger partial charge in [0.2, 0.25) is 12.0 Å². The molecule has 1 unspecified atom stereocenters. The summed E-state index contributed by atoms with van der Waals surface area (Å²) in [5, 5.41) is 11.3. The zero-order valence-corrected chi connectivity index (χ0v) is 5.37. The second kappa shape index (κ2) is 2.45. The Hall–Kier alpha value is -1.79. The van der Waals surface area contributed by atoms with Gasteiger partial charge < -0.3 is 5.73 Å². The number of carbonyl (C=O) groups is 1. The van der Waals surface area contributed by atoms with Gasteiger partial charge in [-0.05, 0) is 5.18 Å². The highest BCUT2D eigenvalue weighted by Crippen LogP contribution is 1.96. The van der Waals surface area contributed by atoms with E-state index >= 15 is 0 Å². The molecule has 1 rings (SSSR count). The highest BCUT2D eigenvalue weighted by atomic mass is 16.3. The summed E-state index contributed by atoms with van der Waals surface area (Å²) in [7, 11) is 0. The molecule has 4 N–H and O–H groups in total. The van der Waals surface area contributed by atoms with Gasteiger partial charge in [0.1, 0.15) is 5.84 Å². The molecule has 0 fully saturated rings. The van der Waals surface area contributed by atoms with Crippen molar-refractivity contribution in [2.45, 2.75) is 6.04 Å². The molecule has 11 heavy (non-hydrogen) atoms. The topological polar surface area (TPSA) is 121 Å². The Labute approximate surface area is 61.2 Å². The van der Waals surface area contributed by atoms with E-state index in [0.29, 0.717) is 0 Å². The van der Waals surface area contributed by atoms with Crippen LogP contribution in [0.3, 0.4) is 0 Å². The van der Waals surface area contributed by atoms with Crippen LogP contribution in [-0.2, 0) is 4.79 Å². The number of amides is 1. The fraction of sp³-hybridized carbons (Fsp3) is 0.250. The van der Waals surface area contributed by atoms with Gasteiger partial charge in [0.15, 0.2) is 0 Å². The molecule has 1 amide bonds. The van der Waals surface area contributed by atoms with E-state index < -0.39 is 11.9 Å². The predicted octanol–water partition coefficient (Wildman–Crippen LogP) is -1.46. The molecular weight excluding hydrogens is 150 g/mol. The van der Waals surface area contributed by atoms with Crippen LogP contribution >= 0.6 is 0 Å². The molecule has 0 bridgehead atoms. The van der Waals surface area contributed by atoms with Crippen LogP contribution in [-0.4, -0.2) is 23.7 Å². The number of hydrogen-bond donors (Lipinski definition) is 3. The number of amidine groups is 1. The van der Waals surface area contributed by atoms with Crippen molar-refractivity contribution in [2.24, 2.45) is 15.9 Å². The monoisotopic (exact) mass is 155 g/mol. The fourth-order valence-corrected chi connectivity index (χ4v) is 0.639. The number of hydrogen-bond acceptors (Lipinski definition) is 5. The second-order valence-electron chi connectivity index (χ2n) is 1.88. The van der Waals surface area contributed by atoms with Crippen molar-refractivity contribution in [1.82, 2.24) is 5.32 Å². The number of rotatable bonds is 1. The molecule has 1 aliphatic heterocycles. The Morgan fingerprint density at radius 3 is 2.82 bits per heavy atom. The molecule has 0 spiro atoms.